The molecule has 13 heavy (non-hydrogen) atoms. The van der Waals surface area contributed by atoms with Crippen LogP contribution in [0.25, 0.3) is 0 Å². The van der Waals surface area contributed by atoms with E-state index in [9.17, 15) is 4.79 Å². The maximum Gasteiger partial charge on any atom is 0.220 e. The van der Waals surface area contributed by atoms with E-state index >= 15 is 0 Å². The number of unbranched alkanes of at least 4 members (excludes halogenated alkanes) is 2. The summed E-state index contributed by atoms with van der Waals surface area (Å²) in [5.74, 6) is 0.0949. The molecule has 0 unspecified atom stereocenters. The van der Waals surface area contributed by atoms with Gasteiger partial charge in [0, 0.05) is 19.5 Å². The van der Waals surface area contributed by atoms with E-state index in [1.54, 1.807) is 0 Å². The summed E-state index contributed by atoms with van der Waals surface area (Å²) in [6.07, 6.45) is 3.56. The minimum Gasteiger partial charge on any atom is -0.355 e. The minimum atomic E-state index is 0. The van der Waals surface area contributed by atoms with Gasteiger partial charge in [-0.1, -0.05) is 6.42 Å². The number of rotatable bonds is 7. The second-order valence-corrected chi connectivity index (χ2v) is 2.74. The number of amides is 1. The van der Waals surface area contributed by atoms with E-state index in [0.717, 1.165) is 19.3 Å². The molecule has 1 amide bonds. The molecular formula is C8H22N4O. The molecule has 80 valence electrons. The maximum atomic E-state index is 11.0. The average molecular weight is 190 g/mol. The summed E-state index contributed by atoms with van der Waals surface area (Å²) in [4.78, 5) is 11.0. The number of carbonyl (C=O) groups is 1. The molecule has 5 nitrogen and oxygen atoms in total. The van der Waals surface area contributed by atoms with Crippen molar-refractivity contribution in [3.63, 3.8) is 0 Å². The quantitative estimate of drug-likeness (QED) is 0.414. The highest BCUT2D eigenvalue weighted by Gasteiger charge is 1.98. The lowest BCUT2D eigenvalue weighted by atomic mass is 10.2. The van der Waals surface area contributed by atoms with Gasteiger partial charge in [-0.25, -0.2) is 0 Å². The van der Waals surface area contributed by atoms with Gasteiger partial charge in [-0.05, 0) is 19.4 Å². The monoisotopic (exact) mass is 190 g/mol. The SMILES string of the molecule is N.NCCCCCC(=O)NCCN. The summed E-state index contributed by atoms with van der Waals surface area (Å²) in [6.45, 7) is 1.80. The van der Waals surface area contributed by atoms with Gasteiger partial charge in [0.15, 0.2) is 0 Å². The molecule has 0 heterocycles. The molecule has 0 fully saturated rings. The zero-order valence-electron chi connectivity index (χ0n) is 8.22. The van der Waals surface area contributed by atoms with Gasteiger partial charge >= 0.3 is 0 Å². The van der Waals surface area contributed by atoms with Crippen LogP contribution in [0.5, 0.6) is 0 Å². The fourth-order valence-electron chi connectivity index (χ4n) is 0.907. The van der Waals surface area contributed by atoms with Crippen molar-refractivity contribution in [2.24, 2.45) is 11.5 Å². The topological polar surface area (TPSA) is 116 Å². The van der Waals surface area contributed by atoms with Crippen LogP contribution in [0, 0.1) is 0 Å². The highest BCUT2D eigenvalue weighted by atomic mass is 16.1. The summed E-state index contributed by atoms with van der Waals surface area (Å²) in [5.41, 5.74) is 10.5. The van der Waals surface area contributed by atoms with Gasteiger partial charge in [0.05, 0.1) is 0 Å². The second kappa shape index (κ2) is 11.4. The third-order valence-corrected chi connectivity index (χ3v) is 1.57. The fourth-order valence-corrected chi connectivity index (χ4v) is 0.907. The highest BCUT2D eigenvalue weighted by Crippen LogP contribution is 1.97. The van der Waals surface area contributed by atoms with Gasteiger partial charge in [-0.2, -0.15) is 0 Å². The van der Waals surface area contributed by atoms with Crippen LogP contribution in [0.3, 0.4) is 0 Å². The van der Waals surface area contributed by atoms with Crippen molar-refractivity contribution in [3.8, 4) is 0 Å². The van der Waals surface area contributed by atoms with Gasteiger partial charge in [-0.15, -0.1) is 0 Å². The van der Waals surface area contributed by atoms with E-state index in [4.69, 9.17) is 11.5 Å². The molecule has 0 spiro atoms. The molecule has 0 rings (SSSR count). The largest absolute Gasteiger partial charge is 0.355 e. The Kier molecular flexibility index (Phi) is 13.0. The van der Waals surface area contributed by atoms with Crippen LogP contribution in [0.2, 0.25) is 0 Å². The van der Waals surface area contributed by atoms with Crippen LogP contribution in [-0.2, 0) is 4.79 Å². The third-order valence-electron chi connectivity index (χ3n) is 1.57. The van der Waals surface area contributed by atoms with Gasteiger partial charge in [-0.3, -0.25) is 4.79 Å². The van der Waals surface area contributed by atoms with E-state index in [-0.39, 0.29) is 12.1 Å². The van der Waals surface area contributed by atoms with Crippen molar-refractivity contribution in [1.29, 1.82) is 0 Å². The van der Waals surface area contributed by atoms with Gasteiger partial charge in [0.1, 0.15) is 0 Å². The third kappa shape index (κ3) is 11.3. The Morgan fingerprint density at radius 3 is 2.31 bits per heavy atom. The highest BCUT2D eigenvalue weighted by molar-refractivity contribution is 5.75. The summed E-state index contributed by atoms with van der Waals surface area (Å²) >= 11 is 0. The van der Waals surface area contributed by atoms with E-state index in [1.807, 2.05) is 0 Å². The van der Waals surface area contributed by atoms with Crippen LogP contribution in [0.4, 0.5) is 0 Å². The molecule has 0 aromatic heterocycles. The van der Waals surface area contributed by atoms with Gasteiger partial charge in [0.2, 0.25) is 5.91 Å². The van der Waals surface area contributed by atoms with E-state index in [1.165, 1.54) is 0 Å². The molecule has 8 N–H and O–H groups in total. The van der Waals surface area contributed by atoms with E-state index < -0.39 is 0 Å². The minimum absolute atomic E-state index is 0. The number of hydrogen-bond acceptors (Lipinski definition) is 4. The average Bonchev–Trinajstić information content (AvgIpc) is 2.09. The first-order valence-electron chi connectivity index (χ1n) is 4.48. The Labute approximate surface area is 79.8 Å². The maximum absolute atomic E-state index is 11.0. The Hall–Kier alpha value is -0.650. The van der Waals surface area contributed by atoms with Crippen molar-refractivity contribution in [1.82, 2.24) is 11.5 Å². The fraction of sp³-hybridized carbons (Fsp3) is 0.875. The molecule has 0 bridgehead atoms. The van der Waals surface area contributed by atoms with E-state index in [0.29, 0.717) is 26.1 Å². The van der Waals surface area contributed by atoms with Crippen molar-refractivity contribution in [3.05, 3.63) is 0 Å². The molecule has 0 saturated carbocycles. The first kappa shape index (κ1) is 14.9. The van der Waals surface area contributed by atoms with Gasteiger partial charge in [0.25, 0.3) is 0 Å². The Bertz CT molecular complexity index is 119. The van der Waals surface area contributed by atoms with Gasteiger partial charge < -0.3 is 22.9 Å². The summed E-state index contributed by atoms with van der Waals surface area (Å²) < 4.78 is 0. The molecule has 0 aliphatic carbocycles. The first-order valence-corrected chi connectivity index (χ1v) is 4.48. The van der Waals surface area contributed by atoms with Crippen molar-refractivity contribution >= 4 is 5.91 Å². The zero-order valence-corrected chi connectivity index (χ0v) is 8.22. The van der Waals surface area contributed by atoms with Crippen LogP contribution in [0.15, 0.2) is 0 Å². The lowest BCUT2D eigenvalue weighted by molar-refractivity contribution is -0.121. The summed E-state index contributed by atoms with van der Waals surface area (Å²) in [6, 6.07) is 0. The normalized spacial score (nSPS) is 9.08. The Balaban J connectivity index is 0. The molecule has 0 atom stereocenters. The molecule has 0 aliphatic heterocycles. The lowest BCUT2D eigenvalue weighted by Gasteiger charge is -2.02. The van der Waals surface area contributed by atoms with E-state index in [2.05, 4.69) is 5.32 Å². The molecule has 0 aromatic carbocycles. The van der Waals surface area contributed by atoms with Crippen LogP contribution in [-0.4, -0.2) is 25.5 Å². The van der Waals surface area contributed by atoms with Crippen molar-refractivity contribution in [2.75, 3.05) is 19.6 Å². The van der Waals surface area contributed by atoms with Crippen LogP contribution in [0.1, 0.15) is 25.7 Å². The molecule has 0 aliphatic rings. The molecular weight excluding hydrogens is 168 g/mol. The number of hydrogen-bond donors (Lipinski definition) is 4. The summed E-state index contributed by atoms with van der Waals surface area (Å²) in [7, 11) is 0. The second-order valence-electron chi connectivity index (χ2n) is 2.74. The standard InChI is InChI=1S/C8H19N3O.H3N/c9-5-3-1-2-4-8(12)11-7-6-10;/h1-7,9-10H2,(H,11,12);1H3. The van der Waals surface area contributed by atoms with Crippen molar-refractivity contribution in [2.45, 2.75) is 25.7 Å². The summed E-state index contributed by atoms with van der Waals surface area (Å²) in [5, 5.41) is 2.71. The predicted octanol–water partition coefficient (Wildman–Crippen LogP) is -0.258. The van der Waals surface area contributed by atoms with Crippen molar-refractivity contribution < 1.29 is 4.79 Å². The molecule has 0 radical (unpaired) electrons. The Morgan fingerprint density at radius 1 is 1.08 bits per heavy atom. The number of nitrogens with one attached hydrogen (secondary N) is 1. The van der Waals surface area contributed by atoms with Crippen LogP contribution >= 0.6 is 0 Å². The Morgan fingerprint density at radius 2 is 1.77 bits per heavy atom. The number of nitrogens with two attached hydrogens (primary N) is 2. The smallest absolute Gasteiger partial charge is 0.220 e. The van der Waals surface area contributed by atoms with Crippen LogP contribution < -0.4 is 22.9 Å². The lowest BCUT2D eigenvalue weighted by Crippen LogP contribution is -2.28. The molecule has 5 heteroatoms. The molecule has 0 saturated heterocycles. The predicted molar refractivity (Wildman–Crippen MR) is 54.6 cm³/mol. The first-order chi connectivity index (χ1) is 5.81. The number of carbonyl (C=O) groups excluding carboxylic acids is 1. The molecule has 0 aromatic rings. The zero-order chi connectivity index (χ0) is 9.23.